The molecule has 0 aliphatic heterocycles. The monoisotopic (exact) mass is 243 g/mol. The Balaban J connectivity index is 3.25. The number of halogens is 1. The second-order valence-electron chi connectivity index (χ2n) is 3.14. The zero-order chi connectivity index (χ0) is 10.0. The summed E-state index contributed by atoms with van der Waals surface area (Å²) >= 11 is 3.38. The van der Waals surface area contributed by atoms with E-state index in [0.29, 0.717) is 5.75 Å². The zero-order valence-corrected chi connectivity index (χ0v) is 9.43. The van der Waals surface area contributed by atoms with E-state index in [-0.39, 0.29) is 6.04 Å². The summed E-state index contributed by atoms with van der Waals surface area (Å²) in [4.78, 5) is 0. The SMILES string of the molecule is CC[C@H](N)c1c(Br)ccc(C)c1O. The molecule has 0 bridgehead atoms. The van der Waals surface area contributed by atoms with Gasteiger partial charge in [-0.25, -0.2) is 0 Å². The zero-order valence-electron chi connectivity index (χ0n) is 7.84. The molecule has 0 fully saturated rings. The van der Waals surface area contributed by atoms with Crippen molar-refractivity contribution in [2.45, 2.75) is 26.3 Å². The molecular weight excluding hydrogens is 230 g/mol. The number of phenols is 1. The summed E-state index contributed by atoms with van der Waals surface area (Å²) in [6.45, 7) is 3.87. The average Bonchev–Trinajstić information content (AvgIpc) is 2.12. The van der Waals surface area contributed by atoms with Crippen LogP contribution in [0.3, 0.4) is 0 Å². The Bertz CT molecular complexity index is 312. The second kappa shape index (κ2) is 4.11. The van der Waals surface area contributed by atoms with Crippen LogP contribution in [-0.4, -0.2) is 5.11 Å². The number of aromatic hydroxyl groups is 1. The Morgan fingerprint density at radius 3 is 2.69 bits per heavy atom. The van der Waals surface area contributed by atoms with Crippen molar-refractivity contribution in [3.63, 3.8) is 0 Å². The van der Waals surface area contributed by atoms with Gasteiger partial charge in [0.15, 0.2) is 0 Å². The van der Waals surface area contributed by atoms with Crippen molar-refractivity contribution in [1.29, 1.82) is 0 Å². The van der Waals surface area contributed by atoms with Crippen LogP contribution in [0.1, 0.15) is 30.5 Å². The molecule has 0 saturated carbocycles. The van der Waals surface area contributed by atoms with E-state index >= 15 is 0 Å². The standard InChI is InChI=1S/C10H14BrNO/c1-3-8(12)9-7(11)5-4-6(2)10(9)13/h4-5,8,13H,3,12H2,1-2H3/t8-/m0/s1. The van der Waals surface area contributed by atoms with E-state index < -0.39 is 0 Å². The first-order valence-electron chi connectivity index (χ1n) is 4.31. The van der Waals surface area contributed by atoms with Gasteiger partial charge in [0.25, 0.3) is 0 Å². The van der Waals surface area contributed by atoms with Crippen LogP contribution >= 0.6 is 15.9 Å². The number of rotatable bonds is 2. The maximum Gasteiger partial charge on any atom is 0.124 e. The number of hydrogen-bond acceptors (Lipinski definition) is 2. The van der Waals surface area contributed by atoms with Gasteiger partial charge in [-0.15, -0.1) is 0 Å². The van der Waals surface area contributed by atoms with Crippen molar-refractivity contribution in [2.75, 3.05) is 0 Å². The maximum absolute atomic E-state index is 9.77. The molecule has 0 radical (unpaired) electrons. The summed E-state index contributed by atoms with van der Waals surface area (Å²) < 4.78 is 0.880. The number of phenolic OH excluding ortho intramolecular Hbond substituents is 1. The third-order valence-corrected chi connectivity index (χ3v) is 2.87. The van der Waals surface area contributed by atoms with Crippen molar-refractivity contribution in [3.05, 3.63) is 27.7 Å². The number of benzene rings is 1. The Morgan fingerprint density at radius 1 is 1.54 bits per heavy atom. The minimum Gasteiger partial charge on any atom is -0.507 e. The van der Waals surface area contributed by atoms with Crippen LogP contribution in [0.5, 0.6) is 5.75 Å². The molecule has 0 amide bonds. The maximum atomic E-state index is 9.77. The Morgan fingerprint density at radius 2 is 2.15 bits per heavy atom. The molecule has 1 atom stereocenters. The molecule has 1 aromatic rings. The first kappa shape index (κ1) is 10.5. The quantitative estimate of drug-likeness (QED) is 0.840. The van der Waals surface area contributed by atoms with E-state index in [1.165, 1.54) is 0 Å². The molecule has 1 rings (SSSR count). The van der Waals surface area contributed by atoms with Gasteiger partial charge in [0.1, 0.15) is 5.75 Å². The molecule has 0 spiro atoms. The van der Waals surface area contributed by atoms with E-state index in [9.17, 15) is 5.11 Å². The predicted octanol–water partition coefficient (Wildman–Crippen LogP) is 2.87. The van der Waals surface area contributed by atoms with Gasteiger partial charge in [-0.1, -0.05) is 28.9 Å². The third-order valence-electron chi connectivity index (χ3n) is 2.18. The third kappa shape index (κ3) is 2.03. The smallest absolute Gasteiger partial charge is 0.124 e. The Hall–Kier alpha value is -0.540. The van der Waals surface area contributed by atoms with Gasteiger partial charge in [-0.2, -0.15) is 0 Å². The predicted molar refractivity (Wildman–Crippen MR) is 57.8 cm³/mol. The lowest BCUT2D eigenvalue weighted by molar-refractivity contribution is 0.455. The number of hydrogen-bond donors (Lipinski definition) is 2. The Kier molecular flexibility index (Phi) is 3.33. The summed E-state index contributed by atoms with van der Waals surface area (Å²) in [7, 11) is 0. The average molecular weight is 244 g/mol. The number of nitrogens with two attached hydrogens (primary N) is 1. The fraction of sp³-hybridized carbons (Fsp3) is 0.400. The summed E-state index contributed by atoms with van der Waals surface area (Å²) in [5.41, 5.74) is 7.55. The highest BCUT2D eigenvalue weighted by atomic mass is 79.9. The summed E-state index contributed by atoms with van der Waals surface area (Å²) in [5.74, 6) is 0.309. The van der Waals surface area contributed by atoms with Crippen molar-refractivity contribution < 1.29 is 5.11 Å². The topological polar surface area (TPSA) is 46.2 Å². The lowest BCUT2D eigenvalue weighted by Gasteiger charge is -2.14. The second-order valence-corrected chi connectivity index (χ2v) is 4.00. The van der Waals surface area contributed by atoms with E-state index in [1.807, 2.05) is 26.0 Å². The molecule has 1 aromatic carbocycles. The minimum absolute atomic E-state index is 0.103. The Labute approximate surface area is 86.9 Å². The van der Waals surface area contributed by atoms with Crippen LogP contribution in [0.2, 0.25) is 0 Å². The molecular formula is C10H14BrNO. The molecule has 0 unspecified atom stereocenters. The summed E-state index contributed by atoms with van der Waals surface area (Å²) in [6, 6.07) is 3.68. The van der Waals surface area contributed by atoms with Crippen molar-refractivity contribution in [2.24, 2.45) is 5.73 Å². The van der Waals surface area contributed by atoms with E-state index in [2.05, 4.69) is 15.9 Å². The van der Waals surface area contributed by atoms with Gasteiger partial charge in [-0.05, 0) is 25.0 Å². The molecule has 2 nitrogen and oxygen atoms in total. The highest BCUT2D eigenvalue weighted by Crippen LogP contribution is 2.34. The molecule has 0 aromatic heterocycles. The van der Waals surface area contributed by atoms with Crippen LogP contribution in [0.25, 0.3) is 0 Å². The molecule has 0 heterocycles. The van der Waals surface area contributed by atoms with E-state index in [1.54, 1.807) is 0 Å². The normalized spacial score (nSPS) is 12.9. The highest BCUT2D eigenvalue weighted by molar-refractivity contribution is 9.10. The first-order valence-corrected chi connectivity index (χ1v) is 5.10. The molecule has 0 aliphatic carbocycles. The molecule has 0 saturated heterocycles. The fourth-order valence-electron chi connectivity index (χ4n) is 1.25. The lowest BCUT2D eigenvalue weighted by Crippen LogP contribution is -2.10. The van der Waals surface area contributed by atoms with Gasteiger partial charge in [0.05, 0.1) is 0 Å². The van der Waals surface area contributed by atoms with Crippen LogP contribution < -0.4 is 5.73 Å². The summed E-state index contributed by atoms with van der Waals surface area (Å²) in [5, 5.41) is 9.77. The minimum atomic E-state index is -0.103. The lowest BCUT2D eigenvalue weighted by atomic mass is 10.0. The summed E-state index contributed by atoms with van der Waals surface area (Å²) in [6.07, 6.45) is 0.815. The van der Waals surface area contributed by atoms with Crippen LogP contribution in [0.15, 0.2) is 16.6 Å². The van der Waals surface area contributed by atoms with Crippen molar-refractivity contribution in [1.82, 2.24) is 0 Å². The van der Waals surface area contributed by atoms with Gasteiger partial charge in [-0.3, -0.25) is 0 Å². The van der Waals surface area contributed by atoms with Crippen LogP contribution in [-0.2, 0) is 0 Å². The highest BCUT2D eigenvalue weighted by Gasteiger charge is 2.14. The van der Waals surface area contributed by atoms with E-state index in [0.717, 1.165) is 22.0 Å². The van der Waals surface area contributed by atoms with E-state index in [4.69, 9.17) is 5.73 Å². The van der Waals surface area contributed by atoms with Gasteiger partial charge < -0.3 is 10.8 Å². The van der Waals surface area contributed by atoms with Crippen LogP contribution in [0, 0.1) is 6.92 Å². The molecule has 72 valence electrons. The first-order chi connectivity index (χ1) is 6.07. The number of aryl methyl sites for hydroxylation is 1. The molecule has 3 heteroatoms. The van der Waals surface area contributed by atoms with Gasteiger partial charge >= 0.3 is 0 Å². The van der Waals surface area contributed by atoms with Gasteiger partial charge in [0, 0.05) is 16.1 Å². The van der Waals surface area contributed by atoms with Crippen LogP contribution in [0.4, 0.5) is 0 Å². The molecule has 3 N–H and O–H groups in total. The largest absolute Gasteiger partial charge is 0.507 e. The molecule has 13 heavy (non-hydrogen) atoms. The van der Waals surface area contributed by atoms with Crippen molar-refractivity contribution in [3.8, 4) is 5.75 Å². The van der Waals surface area contributed by atoms with Crippen molar-refractivity contribution >= 4 is 15.9 Å². The fourth-order valence-corrected chi connectivity index (χ4v) is 1.86. The molecule has 0 aliphatic rings. The van der Waals surface area contributed by atoms with Gasteiger partial charge in [0.2, 0.25) is 0 Å².